The molecule has 2 N–H and O–H groups in total. The van der Waals surface area contributed by atoms with Gasteiger partial charge in [0, 0.05) is 31.5 Å². The number of likely N-dealkylation sites (tertiary alicyclic amines) is 1. The van der Waals surface area contributed by atoms with Crippen molar-refractivity contribution in [3.05, 3.63) is 54.6 Å². The molecule has 2 aromatic rings. The average Bonchev–Trinajstić information content (AvgIpc) is 2.63. The van der Waals surface area contributed by atoms with Crippen molar-refractivity contribution in [3.63, 3.8) is 0 Å². The number of benzene rings is 2. The molecular weight excluding hydrogens is 304 g/mol. The van der Waals surface area contributed by atoms with E-state index in [0.29, 0.717) is 18.0 Å². The topological polar surface area (TPSA) is 61.8 Å². The first-order chi connectivity index (χ1) is 11.7. The largest absolute Gasteiger partial charge is 0.457 e. The molecule has 1 fully saturated rings. The number of hydrogen-bond donors (Lipinski definition) is 2. The summed E-state index contributed by atoms with van der Waals surface area (Å²) in [5.74, 6) is 1.60. The molecule has 5 heteroatoms. The van der Waals surface area contributed by atoms with Gasteiger partial charge in [0.25, 0.3) is 0 Å². The fourth-order valence-corrected chi connectivity index (χ4v) is 2.86. The van der Waals surface area contributed by atoms with Crippen molar-refractivity contribution >= 4 is 11.7 Å². The monoisotopic (exact) mass is 326 g/mol. The van der Waals surface area contributed by atoms with E-state index in [1.54, 1.807) is 11.0 Å². The van der Waals surface area contributed by atoms with Crippen LogP contribution in [0, 0.1) is 5.92 Å². The molecule has 2 amide bonds. The zero-order chi connectivity index (χ0) is 16.8. The van der Waals surface area contributed by atoms with Crippen molar-refractivity contribution in [1.82, 2.24) is 4.90 Å². The molecule has 1 aliphatic heterocycles. The lowest BCUT2D eigenvalue weighted by Crippen LogP contribution is -2.43. The smallest absolute Gasteiger partial charge is 0.321 e. The molecule has 1 heterocycles. The molecule has 24 heavy (non-hydrogen) atoms. The second-order valence-electron chi connectivity index (χ2n) is 6.01. The van der Waals surface area contributed by atoms with Crippen LogP contribution in [-0.4, -0.2) is 35.7 Å². The van der Waals surface area contributed by atoms with Gasteiger partial charge in [0.15, 0.2) is 0 Å². The zero-order valence-corrected chi connectivity index (χ0v) is 13.5. The second kappa shape index (κ2) is 7.84. The number of nitrogens with one attached hydrogen (secondary N) is 1. The number of rotatable bonds is 4. The number of urea groups is 1. The summed E-state index contributed by atoms with van der Waals surface area (Å²) in [6, 6.07) is 16.7. The van der Waals surface area contributed by atoms with Gasteiger partial charge in [-0.2, -0.15) is 0 Å². The number of anilines is 1. The Morgan fingerprint density at radius 3 is 2.75 bits per heavy atom. The number of para-hydroxylation sites is 1. The van der Waals surface area contributed by atoms with Gasteiger partial charge in [0.05, 0.1) is 0 Å². The van der Waals surface area contributed by atoms with Gasteiger partial charge in [-0.25, -0.2) is 4.79 Å². The highest BCUT2D eigenvalue weighted by Crippen LogP contribution is 2.24. The first-order valence-electron chi connectivity index (χ1n) is 8.24. The van der Waals surface area contributed by atoms with Gasteiger partial charge >= 0.3 is 6.03 Å². The first kappa shape index (κ1) is 16.3. The Bertz CT molecular complexity index is 675. The quantitative estimate of drug-likeness (QED) is 0.900. The maximum Gasteiger partial charge on any atom is 0.321 e. The minimum atomic E-state index is -0.134. The summed E-state index contributed by atoms with van der Waals surface area (Å²) in [6.45, 7) is 1.45. The van der Waals surface area contributed by atoms with Crippen molar-refractivity contribution in [3.8, 4) is 11.5 Å². The predicted molar refractivity (Wildman–Crippen MR) is 93.4 cm³/mol. The molecule has 0 aliphatic carbocycles. The fraction of sp³-hybridized carbons (Fsp3) is 0.316. The van der Waals surface area contributed by atoms with E-state index in [4.69, 9.17) is 4.74 Å². The van der Waals surface area contributed by atoms with Crippen LogP contribution in [0.25, 0.3) is 0 Å². The van der Waals surface area contributed by atoms with Crippen LogP contribution in [0.3, 0.4) is 0 Å². The van der Waals surface area contributed by atoms with E-state index in [9.17, 15) is 9.90 Å². The van der Waals surface area contributed by atoms with Crippen LogP contribution in [0.2, 0.25) is 0 Å². The van der Waals surface area contributed by atoms with Crippen LogP contribution >= 0.6 is 0 Å². The highest BCUT2D eigenvalue weighted by molar-refractivity contribution is 5.89. The third kappa shape index (κ3) is 4.26. The van der Waals surface area contributed by atoms with Crippen LogP contribution in [0.1, 0.15) is 12.8 Å². The average molecular weight is 326 g/mol. The Balaban J connectivity index is 1.63. The standard InChI is InChI=1S/C19H22N2O3/c22-14-15-6-5-11-21(13-15)19(23)20-16-7-4-10-18(12-16)24-17-8-2-1-3-9-17/h1-4,7-10,12,15,22H,5-6,11,13-14H2,(H,20,23). The molecule has 2 aromatic carbocycles. The minimum Gasteiger partial charge on any atom is -0.457 e. The normalized spacial score (nSPS) is 17.4. The summed E-state index contributed by atoms with van der Waals surface area (Å²) < 4.78 is 5.78. The van der Waals surface area contributed by atoms with E-state index in [0.717, 1.165) is 25.1 Å². The number of ether oxygens (including phenoxy) is 1. The van der Waals surface area contributed by atoms with Gasteiger partial charge < -0.3 is 20.1 Å². The van der Waals surface area contributed by atoms with E-state index >= 15 is 0 Å². The molecule has 1 saturated heterocycles. The van der Waals surface area contributed by atoms with Crippen molar-refractivity contribution in [1.29, 1.82) is 0 Å². The highest BCUT2D eigenvalue weighted by Gasteiger charge is 2.23. The molecule has 5 nitrogen and oxygen atoms in total. The number of carbonyl (C=O) groups is 1. The molecule has 0 radical (unpaired) electrons. The van der Waals surface area contributed by atoms with Gasteiger partial charge in [-0.3, -0.25) is 0 Å². The summed E-state index contributed by atoms with van der Waals surface area (Å²) in [6.07, 6.45) is 1.90. The van der Waals surface area contributed by atoms with Crippen molar-refractivity contribution < 1.29 is 14.6 Å². The van der Waals surface area contributed by atoms with E-state index in [-0.39, 0.29) is 18.6 Å². The summed E-state index contributed by atoms with van der Waals surface area (Å²) in [5, 5.41) is 12.2. The number of hydrogen-bond acceptors (Lipinski definition) is 3. The van der Waals surface area contributed by atoms with Crippen molar-refractivity contribution in [2.24, 2.45) is 5.92 Å². The van der Waals surface area contributed by atoms with E-state index in [2.05, 4.69) is 5.32 Å². The highest BCUT2D eigenvalue weighted by atomic mass is 16.5. The molecule has 0 spiro atoms. The third-order valence-electron chi connectivity index (χ3n) is 4.13. The summed E-state index contributed by atoms with van der Waals surface area (Å²) in [4.78, 5) is 14.2. The van der Waals surface area contributed by atoms with E-state index < -0.39 is 0 Å². The Kier molecular flexibility index (Phi) is 5.33. The van der Waals surface area contributed by atoms with Gasteiger partial charge in [0.2, 0.25) is 0 Å². The van der Waals surface area contributed by atoms with Crippen LogP contribution in [0.15, 0.2) is 54.6 Å². The minimum absolute atomic E-state index is 0.129. The van der Waals surface area contributed by atoms with Crippen LogP contribution in [0.5, 0.6) is 11.5 Å². The Labute approximate surface area is 141 Å². The Morgan fingerprint density at radius 2 is 1.96 bits per heavy atom. The molecule has 1 aliphatic rings. The zero-order valence-electron chi connectivity index (χ0n) is 13.5. The number of aliphatic hydroxyl groups excluding tert-OH is 1. The summed E-state index contributed by atoms with van der Waals surface area (Å²) in [7, 11) is 0. The fourth-order valence-electron chi connectivity index (χ4n) is 2.86. The molecule has 1 unspecified atom stereocenters. The van der Waals surface area contributed by atoms with Gasteiger partial charge in [-0.05, 0) is 43.0 Å². The number of nitrogens with zero attached hydrogens (tertiary/aromatic N) is 1. The molecule has 0 saturated carbocycles. The SMILES string of the molecule is O=C(Nc1cccc(Oc2ccccc2)c1)N1CCCC(CO)C1. The van der Waals surface area contributed by atoms with E-state index in [1.165, 1.54) is 0 Å². The molecule has 126 valence electrons. The van der Waals surface area contributed by atoms with Gasteiger partial charge in [0.1, 0.15) is 11.5 Å². The number of piperidine rings is 1. The molecule has 0 bridgehead atoms. The Hall–Kier alpha value is -2.53. The lowest BCUT2D eigenvalue weighted by atomic mass is 9.99. The first-order valence-corrected chi connectivity index (χ1v) is 8.24. The molecule has 3 rings (SSSR count). The third-order valence-corrected chi connectivity index (χ3v) is 4.13. The number of amides is 2. The van der Waals surface area contributed by atoms with Crippen LogP contribution < -0.4 is 10.1 Å². The van der Waals surface area contributed by atoms with Crippen molar-refractivity contribution in [2.45, 2.75) is 12.8 Å². The number of aliphatic hydroxyl groups is 1. The van der Waals surface area contributed by atoms with Crippen LogP contribution in [0.4, 0.5) is 10.5 Å². The predicted octanol–water partition coefficient (Wildman–Crippen LogP) is 3.72. The maximum absolute atomic E-state index is 12.4. The second-order valence-corrected chi connectivity index (χ2v) is 6.01. The lowest BCUT2D eigenvalue weighted by molar-refractivity contribution is 0.136. The van der Waals surface area contributed by atoms with Crippen molar-refractivity contribution in [2.75, 3.05) is 25.0 Å². The Morgan fingerprint density at radius 1 is 1.17 bits per heavy atom. The summed E-state index contributed by atoms with van der Waals surface area (Å²) >= 11 is 0. The molecule has 1 atom stereocenters. The van der Waals surface area contributed by atoms with Gasteiger partial charge in [-0.1, -0.05) is 24.3 Å². The van der Waals surface area contributed by atoms with Gasteiger partial charge in [-0.15, -0.1) is 0 Å². The molecular formula is C19H22N2O3. The number of carbonyl (C=O) groups excluding carboxylic acids is 1. The van der Waals surface area contributed by atoms with E-state index in [1.807, 2.05) is 48.5 Å². The maximum atomic E-state index is 12.4. The van der Waals surface area contributed by atoms with Crippen LogP contribution in [-0.2, 0) is 0 Å². The molecule has 0 aromatic heterocycles. The lowest BCUT2D eigenvalue weighted by Gasteiger charge is -2.31. The summed E-state index contributed by atoms with van der Waals surface area (Å²) in [5.41, 5.74) is 0.694.